The number of amides is 2. The number of hydrogen-bond acceptors (Lipinski definition) is 6. The number of ketones is 2. The Balaban J connectivity index is 1.34. The Labute approximate surface area is 290 Å². The number of allylic oxidation sites excluding steroid dienone is 4. The third kappa shape index (κ3) is 4.78. The number of ether oxygens (including phenoxy) is 1. The number of benzene rings is 4. The summed E-state index contributed by atoms with van der Waals surface area (Å²) < 4.78 is 5.83. The van der Waals surface area contributed by atoms with E-state index in [1.54, 1.807) is 18.2 Å². The van der Waals surface area contributed by atoms with Crippen molar-refractivity contribution >= 4 is 29.0 Å². The monoisotopic (exact) mass is 663 g/mol. The third-order valence-corrected chi connectivity index (χ3v) is 11.3. The zero-order valence-corrected chi connectivity index (χ0v) is 27.7. The summed E-state index contributed by atoms with van der Waals surface area (Å²) in [6.07, 6.45) is 4.15. The number of Topliss-reactive ketones (excluding diaryl/α,β-unsaturated/α-hetero) is 1. The molecule has 1 heterocycles. The molecule has 4 aromatic rings. The minimum atomic E-state index is -1.35. The van der Waals surface area contributed by atoms with Gasteiger partial charge >= 0.3 is 0 Å². The van der Waals surface area contributed by atoms with E-state index in [0.717, 1.165) is 11.1 Å². The van der Waals surface area contributed by atoms with Crippen molar-refractivity contribution < 1.29 is 29.0 Å². The van der Waals surface area contributed by atoms with E-state index < -0.39 is 35.0 Å². The molecule has 0 aromatic heterocycles. The molecule has 50 heavy (non-hydrogen) atoms. The Bertz CT molecular complexity index is 2070. The van der Waals surface area contributed by atoms with Gasteiger partial charge in [0.1, 0.15) is 0 Å². The molecule has 6 unspecified atom stereocenters. The highest BCUT2D eigenvalue weighted by Gasteiger charge is 2.65. The standard InChI is InChI=1S/C43H37NO6/c1-2-50-36-22-28(18-21-35(36)45)39-30-19-20-31-38(42(49)44(41(31)48)25-26-12-6-3-7-13-26)33(30)23-34-40(47)32(27-14-8-4-9-15-27)24-37(46)43(34,39)29-16-10-5-11-17-29/h3-19,21-22,24,31,33-34,38-39,45H,2,20,23,25H2,1H3. The molecule has 1 saturated carbocycles. The number of hydrogen-bond donors (Lipinski definition) is 1. The summed E-state index contributed by atoms with van der Waals surface area (Å²) in [6, 6.07) is 33.3. The molecule has 1 N–H and O–H groups in total. The Kier molecular flexibility index (Phi) is 7.86. The van der Waals surface area contributed by atoms with E-state index >= 15 is 9.59 Å². The first-order valence-electron chi connectivity index (χ1n) is 17.3. The van der Waals surface area contributed by atoms with E-state index in [9.17, 15) is 14.7 Å². The van der Waals surface area contributed by atoms with Gasteiger partial charge in [0.05, 0.1) is 30.4 Å². The number of phenols is 1. The van der Waals surface area contributed by atoms with Crippen LogP contribution in [0.3, 0.4) is 0 Å². The second-order valence-corrected chi connectivity index (χ2v) is 13.7. The number of phenolic OH excluding ortho intramolecular Hbond substituents is 1. The van der Waals surface area contributed by atoms with Crippen LogP contribution < -0.4 is 4.74 Å². The molecule has 2 amide bonds. The molecule has 4 aliphatic rings. The second-order valence-electron chi connectivity index (χ2n) is 13.7. The van der Waals surface area contributed by atoms with Crippen molar-refractivity contribution in [3.8, 4) is 11.5 Å². The van der Waals surface area contributed by atoms with Crippen LogP contribution in [0, 0.1) is 23.7 Å². The summed E-state index contributed by atoms with van der Waals surface area (Å²) in [4.78, 5) is 60.0. The van der Waals surface area contributed by atoms with Crippen molar-refractivity contribution in [3.63, 3.8) is 0 Å². The van der Waals surface area contributed by atoms with E-state index in [4.69, 9.17) is 4.74 Å². The third-order valence-electron chi connectivity index (χ3n) is 11.3. The molecule has 7 nitrogen and oxygen atoms in total. The zero-order valence-electron chi connectivity index (χ0n) is 27.7. The summed E-state index contributed by atoms with van der Waals surface area (Å²) in [5.74, 6) is -3.74. The van der Waals surface area contributed by atoms with Crippen LogP contribution in [-0.2, 0) is 31.1 Å². The number of likely N-dealkylation sites (tertiary alicyclic amines) is 1. The fourth-order valence-corrected chi connectivity index (χ4v) is 9.22. The lowest BCUT2D eigenvalue weighted by molar-refractivity contribution is -0.141. The maximum Gasteiger partial charge on any atom is 0.234 e. The summed E-state index contributed by atoms with van der Waals surface area (Å²) >= 11 is 0. The van der Waals surface area contributed by atoms with E-state index in [1.165, 1.54) is 11.0 Å². The van der Waals surface area contributed by atoms with Gasteiger partial charge in [-0.3, -0.25) is 24.1 Å². The minimum absolute atomic E-state index is 0.0311. The molecule has 1 saturated heterocycles. The van der Waals surface area contributed by atoms with Gasteiger partial charge in [0.15, 0.2) is 23.1 Å². The van der Waals surface area contributed by atoms with Crippen LogP contribution in [0.15, 0.2) is 127 Å². The fraction of sp³-hybridized carbons (Fsp3) is 0.256. The summed E-state index contributed by atoms with van der Waals surface area (Å²) in [5.41, 5.74) is 2.82. The Hall–Kier alpha value is -5.56. The lowest BCUT2D eigenvalue weighted by Gasteiger charge is -2.55. The van der Waals surface area contributed by atoms with Gasteiger partial charge < -0.3 is 9.84 Å². The highest BCUT2D eigenvalue weighted by atomic mass is 16.5. The second kappa shape index (κ2) is 12.4. The van der Waals surface area contributed by atoms with Gasteiger partial charge in [-0.05, 0) is 66.1 Å². The van der Waals surface area contributed by atoms with E-state index in [0.29, 0.717) is 35.3 Å². The number of nitrogens with zero attached hydrogens (tertiary/aromatic N) is 1. The largest absolute Gasteiger partial charge is 0.504 e. The van der Waals surface area contributed by atoms with E-state index in [1.807, 2.05) is 97.9 Å². The first-order chi connectivity index (χ1) is 24.3. The lowest BCUT2D eigenvalue weighted by atomic mass is 9.44. The summed E-state index contributed by atoms with van der Waals surface area (Å²) in [6.45, 7) is 2.33. The average Bonchev–Trinajstić information content (AvgIpc) is 3.39. The lowest BCUT2D eigenvalue weighted by Crippen LogP contribution is -2.58. The van der Waals surface area contributed by atoms with Crippen LogP contribution in [0.2, 0.25) is 0 Å². The molecule has 0 bridgehead atoms. The minimum Gasteiger partial charge on any atom is -0.504 e. The number of fused-ring (bicyclic) bond motifs is 4. The van der Waals surface area contributed by atoms with Gasteiger partial charge in [-0.25, -0.2) is 0 Å². The first-order valence-corrected chi connectivity index (χ1v) is 17.3. The van der Waals surface area contributed by atoms with Crippen molar-refractivity contribution in [2.24, 2.45) is 23.7 Å². The molecule has 8 rings (SSSR count). The predicted octanol–water partition coefficient (Wildman–Crippen LogP) is 6.82. The maximum absolute atomic E-state index is 15.1. The fourth-order valence-electron chi connectivity index (χ4n) is 9.22. The summed E-state index contributed by atoms with van der Waals surface area (Å²) in [7, 11) is 0. The molecule has 0 radical (unpaired) electrons. The Morgan fingerprint density at radius 1 is 0.820 bits per heavy atom. The molecule has 6 atom stereocenters. The Morgan fingerprint density at radius 3 is 2.20 bits per heavy atom. The van der Waals surface area contributed by atoms with Crippen molar-refractivity contribution in [2.45, 2.75) is 37.6 Å². The SMILES string of the molecule is CCOc1cc(C2C3=CCC4C(=O)N(Cc5ccccc5)C(=O)C4C3CC3C(=O)C(c4ccccc4)=CC(=O)C32c2ccccc2)ccc1O. The number of rotatable bonds is 7. The molecule has 2 fully saturated rings. The van der Waals surface area contributed by atoms with Crippen LogP contribution in [0.1, 0.15) is 47.9 Å². The maximum atomic E-state index is 15.1. The molecule has 7 heteroatoms. The highest BCUT2D eigenvalue weighted by molar-refractivity contribution is 6.31. The van der Waals surface area contributed by atoms with Gasteiger partial charge in [0, 0.05) is 17.4 Å². The van der Waals surface area contributed by atoms with Crippen LogP contribution in [0.4, 0.5) is 0 Å². The number of aromatic hydroxyl groups is 1. The van der Waals surface area contributed by atoms with Crippen LogP contribution >= 0.6 is 0 Å². The number of carbonyl (C=O) groups excluding carboxylic acids is 4. The highest BCUT2D eigenvalue weighted by Crippen LogP contribution is 2.64. The molecule has 3 aliphatic carbocycles. The van der Waals surface area contributed by atoms with Gasteiger partial charge in [0.25, 0.3) is 0 Å². The molecule has 1 aliphatic heterocycles. The van der Waals surface area contributed by atoms with Gasteiger partial charge in [0.2, 0.25) is 11.8 Å². The topological polar surface area (TPSA) is 101 Å². The molecule has 4 aromatic carbocycles. The van der Waals surface area contributed by atoms with Crippen LogP contribution in [0.5, 0.6) is 11.5 Å². The Morgan fingerprint density at radius 2 is 1.50 bits per heavy atom. The van der Waals surface area contributed by atoms with Gasteiger partial charge in [-0.2, -0.15) is 0 Å². The predicted molar refractivity (Wildman–Crippen MR) is 188 cm³/mol. The normalized spacial score (nSPS) is 27.2. The molecular weight excluding hydrogens is 626 g/mol. The molecule has 250 valence electrons. The summed E-state index contributed by atoms with van der Waals surface area (Å²) in [5, 5.41) is 10.7. The van der Waals surface area contributed by atoms with Crippen LogP contribution in [-0.4, -0.2) is 40.0 Å². The zero-order chi connectivity index (χ0) is 34.6. The van der Waals surface area contributed by atoms with Crippen molar-refractivity contribution in [1.29, 1.82) is 0 Å². The smallest absolute Gasteiger partial charge is 0.234 e. The quantitative estimate of drug-likeness (QED) is 0.172. The number of carbonyl (C=O) groups is 4. The molecule has 0 spiro atoms. The van der Waals surface area contributed by atoms with Crippen molar-refractivity contribution in [1.82, 2.24) is 4.90 Å². The van der Waals surface area contributed by atoms with Crippen LogP contribution in [0.25, 0.3) is 5.57 Å². The van der Waals surface area contributed by atoms with Crippen molar-refractivity contribution in [3.05, 3.63) is 149 Å². The molecular formula is C43H37NO6. The van der Waals surface area contributed by atoms with Gasteiger partial charge in [-0.1, -0.05) is 109 Å². The first kappa shape index (κ1) is 31.7. The number of imide groups is 1. The average molecular weight is 664 g/mol. The van der Waals surface area contributed by atoms with Crippen molar-refractivity contribution in [2.75, 3.05) is 6.61 Å². The van der Waals surface area contributed by atoms with Gasteiger partial charge in [-0.15, -0.1) is 0 Å². The van der Waals surface area contributed by atoms with E-state index in [-0.39, 0.29) is 47.8 Å². The van der Waals surface area contributed by atoms with E-state index in [2.05, 4.69) is 6.08 Å².